The number of carboxylic acid groups (broad SMARTS) is 1. The lowest BCUT2D eigenvalue weighted by Crippen LogP contribution is -2.56. The zero-order chi connectivity index (χ0) is 12.7. The largest absolute Gasteiger partial charge is 0.481 e. The minimum absolute atomic E-state index is 0.238. The second-order valence-corrected chi connectivity index (χ2v) is 3.78. The van der Waals surface area contributed by atoms with Crippen LogP contribution in [0.5, 0.6) is 0 Å². The molecule has 1 aliphatic rings. The molecule has 0 atom stereocenters. The highest BCUT2D eigenvalue weighted by molar-refractivity contribution is 5.79. The first-order valence-electron chi connectivity index (χ1n) is 5.47. The Morgan fingerprint density at radius 2 is 2.06 bits per heavy atom. The number of urea groups is 1. The molecule has 0 aromatic heterocycles. The van der Waals surface area contributed by atoms with Gasteiger partial charge in [0.15, 0.2) is 0 Å². The van der Waals surface area contributed by atoms with E-state index < -0.39 is 11.9 Å². The lowest BCUT2D eigenvalue weighted by Gasteiger charge is -2.36. The molecule has 17 heavy (non-hydrogen) atoms. The summed E-state index contributed by atoms with van der Waals surface area (Å²) in [4.78, 5) is 23.4. The standard InChI is InChI=1S/C10H18N2O5/c1-16-4-5-17-3-2-11-10(15)12-6-8(7-12)9(13)14/h8H,2-7H2,1H3,(H,11,15)(H,13,14). The highest BCUT2D eigenvalue weighted by atomic mass is 16.5. The van der Waals surface area contributed by atoms with Crippen LogP contribution in [0.1, 0.15) is 0 Å². The summed E-state index contributed by atoms with van der Waals surface area (Å²) in [5, 5.41) is 11.3. The van der Waals surface area contributed by atoms with Crippen molar-refractivity contribution in [1.82, 2.24) is 10.2 Å². The van der Waals surface area contributed by atoms with E-state index in [0.29, 0.717) is 26.4 Å². The highest BCUT2D eigenvalue weighted by Gasteiger charge is 2.35. The predicted octanol–water partition coefficient (Wildman–Crippen LogP) is -0.625. The summed E-state index contributed by atoms with van der Waals surface area (Å²) in [5.41, 5.74) is 0. The Labute approximate surface area is 99.7 Å². The summed E-state index contributed by atoms with van der Waals surface area (Å²) >= 11 is 0. The number of rotatable bonds is 7. The van der Waals surface area contributed by atoms with Crippen LogP contribution in [0.2, 0.25) is 0 Å². The molecule has 0 spiro atoms. The van der Waals surface area contributed by atoms with E-state index in [0.717, 1.165) is 0 Å². The molecule has 0 aromatic rings. The maximum Gasteiger partial charge on any atom is 0.317 e. The molecular weight excluding hydrogens is 228 g/mol. The Morgan fingerprint density at radius 1 is 1.35 bits per heavy atom. The minimum Gasteiger partial charge on any atom is -0.481 e. The number of methoxy groups -OCH3 is 1. The van der Waals surface area contributed by atoms with Crippen molar-refractivity contribution in [2.45, 2.75) is 0 Å². The predicted molar refractivity (Wildman–Crippen MR) is 58.8 cm³/mol. The molecule has 1 saturated heterocycles. The third-order valence-electron chi connectivity index (χ3n) is 2.47. The SMILES string of the molecule is COCCOCCNC(=O)N1CC(C(=O)O)C1. The Morgan fingerprint density at radius 3 is 2.65 bits per heavy atom. The third kappa shape index (κ3) is 4.58. The normalized spacial score (nSPS) is 15.5. The van der Waals surface area contributed by atoms with Crippen molar-refractivity contribution in [2.24, 2.45) is 5.92 Å². The lowest BCUT2D eigenvalue weighted by molar-refractivity contribution is -0.146. The van der Waals surface area contributed by atoms with Crippen LogP contribution < -0.4 is 5.32 Å². The molecule has 98 valence electrons. The summed E-state index contributed by atoms with van der Waals surface area (Å²) < 4.78 is 9.96. The number of carbonyl (C=O) groups is 2. The molecule has 7 nitrogen and oxygen atoms in total. The fraction of sp³-hybridized carbons (Fsp3) is 0.800. The van der Waals surface area contributed by atoms with Crippen molar-refractivity contribution < 1.29 is 24.2 Å². The van der Waals surface area contributed by atoms with Crippen molar-refractivity contribution in [1.29, 1.82) is 0 Å². The van der Waals surface area contributed by atoms with Crippen molar-refractivity contribution in [3.63, 3.8) is 0 Å². The molecule has 2 N–H and O–H groups in total. The lowest BCUT2D eigenvalue weighted by atomic mass is 10.0. The van der Waals surface area contributed by atoms with Gasteiger partial charge in [0, 0.05) is 26.7 Å². The number of amides is 2. The number of ether oxygens (including phenoxy) is 2. The Bertz CT molecular complexity index is 265. The summed E-state index contributed by atoms with van der Waals surface area (Å²) in [5.74, 6) is -1.27. The van der Waals surface area contributed by atoms with Crippen LogP contribution in [-0.4, -0.2) is 68.6 Å². The van der Waals surface area contributed by atoms with E-state index in [1.807, 2.05) is 0 Å². The van der Waals surface area contributed by atoms with E-state index in [-0.39, 0.29) is 19.1 Å². The van der Waals surface area contributed by atoms with Crippen molar-refractivity contribution in [3.05, 3.63) is 0 Å². The molecule has 2 amide bonds. The van der Waals surface area contributed by atoms with E-state index in [2.05, 4.69) is 5.32 Å². The molecule has 7 heteroatoms. The van der Waals surface area contributed by atoms with E-state index in [1.54, 1.807) is 7.11 Å². The fourth-order valence-electron chi connectivity index (χ4n) is 1.39. The molecule has 1 heterocycles. The molecule has 0 bridgehead atoms. The van der Waals surface area contributed by atoms with Gasteiger partial charge in [0.1, 0.15) is 0 Å². The van der Waals surface area contributed by atoms with Crippen LogP contribution in [0.4, 0.5) is 4.79 Å². The molecule has 0 aromatic carbocycles. The molecule has 1 rings (SSSR count). The van der Waals surface area contributed by atoms with Gasteiger partial charge >= 0.3 is 12.0 Å². The first-order valence-corrected chi connectivity index (χ1v) is 5.47. The van der Waals surface area contributed by atoms with E-state index >= 15 is 0 Å². The van der Waals surface area contributed by atoms with Gasteiger partial charge in [-0.25, -0.2) is 4.79 Å². The first kappa shape index (κ1) is 13.7. The summed E-state index contributed by atoms with van der Waals surface area (Å²) in [6.07, 6.45) is 0. The maximum absolute atomic E-state index is 11.4. The Kier molecular flexibility index (Phi) is 5.71. The van der Waals surface area contributed by atoms with E-state index in [4.69, 9.17) is 14.6 Å². The summed E-state index contributed by atoms with van der Waals surface area (Å²) in [6, 6.07) is -0.238. The molecule has 1 aliphatic heterocycles. The zero-order valence-electron chi connectivity index (χ0n) is 9.85. The molecule has 0 radical (unpaired) electrons. The van der Waals surface area contributed by atoms with E-state index in [1.165, 1.54) is 4.90 Å². The second-order valence-electron chi connectivity index (χ2n) is 3.78. The van der Waals surface area contributed by atoms with Gasteiger partial charge in [0.25, 0.3) is 0 Å². The van der Waals surface area contributed by atoms with Gasteiger partial charge < -0.3 is 24.8 Å². The fourth-order valence-corrected chi connectivity index (χ4v) is 1.39. The van der Waals surface area contributed by atoms with Crippen LogP contribution in [0.25, 0.3) is 0 Å². The number of nitrogens with one attached hydrogen (secondary N) is 1. The van der Waals surface area contributed by atoms with Crippen LogP contribution >= 0.6 is 0 Å². The third-order valence-corrected chi connectivity index (χ3v) is 2.47. The zero-order valence-corrected chi connectivity index (χ0v) is 9.85. The van der Waals surface area contributed by atoms with Gasteiger partial charge in [-0.3, -0.25) is 4.79 Å². The monoisotopic (exact) mass is 246 g/mol. The minimum atomic E-state index is -0.850. The highest BCUT2D eigenvalue weighted by Crippen LogP contribution is 2.14. The number of carboxylic acids is 1. The molecule has 0 unspecified atom stereocenters. The average Bonchev–Trinajstić information content (AvgIpc) is 2.20. The Hall–Kier alpha value is -1.34. The second kappa shape index (κ2) is 7.08. The van der Waals surface area contributed by atoms with Crippen molar-refractivity contribution in [3.8, 4) is 0 Å². The number of likely N-dealkylation sites (tertiary alicyclic amines) is 1. The number of carbonyl (C=O) groups excluding carboxylic acids is 1. The molecular formula is C10H18N2O5. The van der Waals surface area contributed by atoms with Crippen LogP contribution in [0, 0.1) is 5.92 Å². The van der Waals surface area contributed by atoms with E-state index in [9.17, 15) is 9.59 Å². The van der Waals surface area contributed by atoms with Crippen molar-refractivity contribution in [2.75, 3.05) is 46.6 Å². The topological polar surface area (TPSA) is 88.1 Å². The van der Waals surface area contributed by atoms with Crippen LogP contribution in [0.15, 0.2) is 0 Å². The molecule has 0 aliphatic carbocycles. The van der Waals surface area contributed by atoms with Crippen LogP contribution in [-0.2, 0) is 14.3 Å². The number of hydrogen-bond acceptors (Lipinski definition) is 4. The molecule has 1 fully saturated rings. The summed E-state index contributed by atoms with van der Waals surface area (Å²) in [6.45, 7) is 2.43. The quantitative estimate of drug-likeness (QED) is 0.584. The van der Waals surface area contributed by atoms with Crippen LogP contribution in [0.3, 0.4) is 0 Å². The van der Waals surface area contributed by atoms with Gasteiger partial charge in [-0.05, 0) is 0 Å². The maximum atomic E-state index is 11.4. The van der Waals surface area contributed by atoms with Gasteiger partial charge in [-0.2, -0.15) is 0 Å². The van der Waals surface area contributed by atoms with Gasteiger partial charge in [0.05, 0.1) is 25.7 Å². The van der Waals surface area contributed by atoms with Gasteiger partial charge in [-0.15, -0.1) is 0 Å². The van der Waals surface area contributed by atoms with Crippen molar-refractivity contribution >= 4 is 12.0 Å². The number of hydrogen-bond donors (Lipinski definition) is 2. The number of aliphatic carboxylic acids is 1. The summed E-state index contributed by atoms with van der Waals surface area (Å²) in [7, 11) is 1.59. The van der Waals surface area contributed by atoms with Gasteiger partial charge in [-0.1, -0.05) is 0 Å². The first-order chi connectivity index (χ1) is 8.15. The Balaban J connectivity index is 1.98. The average molecular weight is 246 g/mol. The smallest absolute Gasteiger partial charge is 0.317 e. The number of nitrogens with zero attached hydrogens (tertiary/aromatic N) is 1. The molecule has 0 saturated carbocycles. The van der Waals surface area contributed by atoms with Gasteiger partial charge in [0.2, 0.25) is 0 Å².